The van der Waals surface area contributed by atoms with E-state index in [1.165, 1.54) is 12.8 Å². The predicted octanol–water partition coefficient (Wildman–Crippen LogP) is 5.67. The van der Waals surface area contributed by atoms with E-state index in [1.54, 1.807) is 0 Å². The molecule has 2 aliphatic carbocycles. The van der Waals surface area contributed by atoms with Gasteiger partial charge in [-0.15, -0.1) is 0 Å². The number of carbonyl (C=O) groups excluding carboxylic acids is 2. The lowest BCUT2D eigenvalue weighted by Crippen LogP contribution is -2.32. The Morgan fingerprint density at radius 1 is 0.939 bits per heavy atom. The molecule has 172 valence electrons. The van der Waals surface area contributed by atoms with E-state index in [9.17, 15) is 9.59 Å². The average Bonchev–Trinajstić information content (AvgIpc) is 3.49. The minimum atomic E-state index is -0.00846. The van der Waals surface area contributed by atoms with Gasteiger partial charge in [0.25, 0.3) is 5.91 Å². The van der Waals surface area contributed by atoms with E-state index in [2.05, 4.69) is 22.5 Å². The van der Waals surface area contributed by atoms with Gasteiger partial charge >= 0.3 is 0 Å². The lowest BCUT2D eigenvalue weighted by molar-refractivity contribution is -0.121. The Labute approximate surface area is 194 Å². The second-order valence-electron chi connectivity index (χ2n) is 9.80. The van der Waals surface area contributed by atoms with Crippen LogP contribution >= 0.6 is 0 Å². The first-order valence-corrected chi connectivity index (χ1v) is 12.3. The summed E-state index contributed by atoms with van der Waals surface area (Å²) in [5, 5.41) is 6.21. The molecular weight excluding hydrogens is 412 g/mol. The summed E-state index contributed by atoms with van der Waals surface area (Å²) in [6.07, 6.45) is 8.73. The molecule has 0 aliphatic heterocycles. The number of nitrogens with one attached hydrogen (secondary N) is 3. The summed E-state index contributed by atoms with van der Waals surface area (Å²) in [4.78, 5) is 33.2. The van der Waals surface area contributed by atoms with Gasteiger partial charge < -0.3 is 15.6 Å². The van der Waals surface area contributed by atoms with Crippen molar-refractivity contribution in [3.05, 3.63) is 48.0 Å². The van der Waals surface area contributed by atoms with E-state index in [1.807, 2.05) is 42.5 Å². The van der Waals surface area contributed by atoms with Gasteiger partial charge in [0.05, 0.1) is 11.0 Å². The number of fused-ring (bicyclic) bond motifs is 1. The number of aromatic amines is 1. The molecule has 2 fully saturated rings. The topological polar surface area (TPSA) is 86.9 Å². The fourth-order valence-corrected chi connectivity index (χ4v) is 5.11. The van der Waals surface area contributed by atoms with Crippen LogP contribution in [0.25, 0.3) is 22.4 Å². The van der Waals surface area contributed by atoms with Gasteiger partial charge in [-0.1, -0.05) is 31.9 Å². The zero-order valence-corrected chi connectivity index (χ0v) is 19.2. The Morgan fingerprint density at radius 3 is 2.39 bits per heavy atom. The molecule has 3 aromatic rings. The Bertz CT molecular complexity index is 1140. The van der Waals surface area contributed by atoms with Crippen molar-refractivity contribution in [2.75, 3.05) is 5.32 Å². The molecule has 0 unspecified atom stereocenters. The third kappa shape index (κ3) is 4.95. The standard InChI is InChI=1S/C27H32N4O2/c1-17-6-8-19(9-7-17)27(33)29-22-14-15-23-24(16-22)31-25(30-23)18-10-12-20(13-11-18)26(32)28-21-4-2-3-5-21/h10-17,19,21H,2-9H2,1H3,(H,28,32)(H,29,33)(H,30,31). The normalized spacial score (nSPS) is 21.2. The second kappa shape index (κ2) is 9.38. The smallest absolute Gasteiger partial charge is 0.251 e. The molecule has 33 heavy (non-hydrogen) atoms. The van der Waals surface area contributed by atoms with E-state index in [0.29, 0.717) is 11.6 Å². The molecule has 0 bridgehead atoms. The van der Waals surface area contributed by atoms with Crippen LogP contribution in [-0.2, 0) is 4.79 Å². The van der Waals surface area contributed by atoms with E-state index >= 15 is 0 Å². The summed E-state index contributed by atoms with van der Waals surface area (Å²) in [6.45, 7) is 2.26. The van der Waals surface area contributed by atoms with Crippen LogP contribution in [0.2, 0.25) is 0 Å². The summed E-state index contributed by atoms with van der Waals surface area (Å²) >= 11 is 0. The summed E-state index contributed by atoms with van der Waals surface area (Å²) in [5.74, 6) is 1.69. The highest BCUT2D eigenvalue weighted by Crippen LogP contribution is 2.30. The molecule has 5 rings (SSSR count). The minimum absolute atomic E-state index is 0.00846. The Morgan fingerprint density at radius 2 is 1.67 bits per heavy atom. The number of anilines is 1. The van der Waals surface area contributed by atoms with Crippen LogP contribution in [0, 0.1) is 11.8 Å². The van der Waals surface area contributed by atoms with Crippen molar-refractivity contribution < 1.29 is 9.59 Å². The molecule has 6 heteroatoms. The minimum Gasteiger partial charge on any atom is -0.349 e. The van der Waals surface area contributed by atoms with Gasteiger partial charge in [0.15, 0.2) is 0 Å². The van der Waals surface area contributed by atoms with Gasteiger partial charge in [-0.05, 0) is 74.8 Å². The maximum Gasteiger partial charge on any atom is 0.251 e. The highest BCUT2D eigenvalue weighted by Gasteiger charge is 2.24. The molecule has 0 spiro atoms. The van der Waals surface area contributed by atoms with E-state index in [0.717, 1.165) is 72.6 Å². The molecule has 6 nitrogen and oxygen atoms in total. The number of carbonyl (C=O) groups is 2. The van der Waals surface area contributed by atoms with Crippen LogP contribution in [0.4, 0.5) is 5.69 Å². The highest BCUT2D eigenvalue weighted by molar-refractivity contribution is 5.96. The highest BCUT2D eigenvalue weighted by atomic mass is 16.2. The van der Waals surface area contributed by atoms with Gasteiger partial charge in [-0.25, -0.2) is 4.98 Å². The molecule has 0 atom stereocenters. The number of hydrogen-bond donors (Lipinski definition) is 3. The van der Waals surface area contributed by atoms with Crippen LogP contribution in [0.15, 0.2) is 42.5 Å². The van der Waals surface area contributed by atoms with Crippen LogP contribution in [0.3, 0.4) is 0 Å². The van der Waals surface area contributed by atoms with Crippen molar-refractivity contribution in [1.82, 2.24) is 15.3 Å². The predicted molar refractivity (Wildman–Crippen MR) is 131 cm³/mol. The molecule has 2 saturated carbocycles. The number of nitrogens with zero attached hydrogens (tertiary/aromatic N) is 1. The number of hydrogen-bond acceptors (Lipinski definition) is 3. The van der Waals surface area contributed by atoms with Crippen LogP contribution in [-0.4, -0.2) is 27.8 Å². The Hall–Kier alpha value is -3.15. The third-order valence-electron chi connectivity index (χ3n) is 7.25. The first-order chi connectivity index (χ1) is 16.0. The van der Waals surface area contributed by atoms with Crippen LogP contribution < -0.4 is 10.6 Å². The fourth-order valence-electron chi connectivity index (χ4n) is 5.11. The van der Waals surface area contributed by atoms with Gasteiger partial charge in [-0.2, -0.15) is 0 Å². The largest absolute Gasteiger partial charge is 0.349 e. The van der Waals surface area contributed by atoms with Gasteiger partial charge in [0, 0.05) is 28.8 Å². The van der Waals surface area contributed by atoms with Crippen LogP contribution in [0.1, 0.15) is 68.6 Å². The van der Waals surface area contributed by atoms with Crippen molar-refractivity contribution in [1.29, 1.82) is 0 Å². The van der Waals surface area contributed by atoms with Gasteiger partial charge in [0.2, 0.25) is 5.91 Å². The molecule has 0 radical (unpaired) electrons. The van der Waals surface area contributed by atoms with Gasteiger partial charge in [0.1, 0.15) is 5.82 Å². The third-order valence-corrected chi connectivity index (χ3v) is 7.25. The average molecular weight is 445 g/mol. The quantitative estimate of drug-likeness (QED) is 0.474. The zero-order valence-electron chi connectivity index (χ0n) is 19.2. The number of imidazole rings is 1. The maximum atomic E-state index is 12.7. The number of aromatic nitrogens is 2. The molecule has 1 aromatic heterocycles. The second-order valence-corrected chi connectivity index (χ2v) is 9.80. The molecule has 3 N–H and O–H groups in total. The van der Waals surface area contributed by atoms with E-state index in [-0.39, 0.29) is 17.7 Å². The lowest BCUT2D eigenvalue weighted by atomic mass is 9.82. The number of H-pyrrole nitrogens is 1. The van der Waals surface area contributed by atoms with Crippen molar-refractivity contribution >= 4 is 28.5 Å². The molecule has 0 saturated heterocycles. The SMILES string of the molecule is CC1CCC(C(=O)Nc2ccc3[nH]c(-c4ccc(C(=O)NC5CCCC5)cc4)nc3c2)CC1. The summed E-state index contributed by atoms with van der Waals surface area (Å²) in [5.41, 5.74) is 4.10. The molecule has 2 aromatic carbocycles. The van der Waals surface area contributed by atoms with Crippen molar-refractivity contribution in [3.8, 4) is 11.4 Å². The van der Waals surface area contributed by atoms with Crippen LogP contribution in [0.5, 0.6) is 0 Å². The summed E-state index contributed by atoms with van der Waals surface area (Å²) < 4.78 is 0. The zero-order chi connectivity index (χ0) is 22.8. The number of amides is 2. The molecular formula is C27H32N4O2. The van der Waals surface area contributed by atoms with Gasteiger partial charge in [-0.3, -0.25) is 9.59 Å². The van der Waals surface area contributed by atoms with E-state index in [4.69, 9.17) is 4.98 Å². The lowest BCUT2D eigenvalue weighted by Gasteiger charge is -2.25. The number of benzene rings is 2. The molecule has 2 amide bonds. The van der Waals surface area contributed by atoms with E-state index < -0.39 is 0 Å². The number of rotatable bonds is 5. The van der Waals surface area contributed by atoms with Crippen molar-refractivity contribution in [3.63, 3.8) is 0 Å². The van der Waals surface area contributed by atoms with Crippen molar-refractivity contribution in [2.45, 2.75) is 64.3 Å². The fraction of sp³-hybridized carbons (Fsp3) is 0.444. The first-order valence-electron chi connectivity index (χ1n) is 12.3. The summed E-state index contributed by atoms with van der Waals surface area (Å²) in [7, 11) is 0. The molecule has 1 heterocycles. The first kappa shape index (κ1) is 21.7. The molecule has 2 aliphatic rings. The summed E-state index contributed by atoms with van der Waals surface area (Å²) in [6, 6.07) is 13.7. The van der Waals surface area contributed by atoms with Crippen molar-refractivity contribution in [2.24, 2.45) is 11.8 Å². The Kier molecular flexibility index (Phi) is 6.16. The Balaban J connectivity index is 1.26. The maximum absolute atomic E-state index is 12.7. The monoisotopic (exact) mass is 444 g/mol.